The molecule has 17 heavy (non-hydrogen) atoms. The summed E-state index contributed by atoms with van der Waals surface area (Å²) < 4.78 is 1.97. The van der Waals surface area contributed by atoms with Crippen molar-refractivity contribution in [2.45, 2.75) is 25.3 Å². The fourth-order valence-corrected chi connectivity index (χ4v) is 2.34. The van der Waals surface area contributed by atoms with Gasteiger partial charge in [0.05, 0.1) is 10.7 Å². The van der Waals surface area contributed by atoms with Crippen molar-refractivity contribution in [2.24, 2.45) is 5.73 Å². The Balaban J connectivity index is 2.06. The molecule has 3 nitrogen and oxygen atoms in total. The lowest BCUT2D eigenvalue weighted by Gasteiger charge is -2.13. The summed E-state index contributed by atoms with van der Waals surface area (Å²) >= 11 is 6.32. The number of hydrogen-bond donors (Lipinski definition) is 1. The smallest absolute Gasteiger partial charge is 0.110 e. The summed E-state index contributed by atoms with van der Waals surface area (Å²) in [6.45, 7) is 1.95. The lowest BCUT2D eigenvalue weighted by Crippen LogP contribution is -2.18. The van der Waals surface area contributed by atoms with E-state index in [1.807, 2.05) is 29.8 Å². The lowest BCUT2D eigenvalue weighted by molar-refractivity contribution is 0.739. The first-order valence-corrected chi connectivity index (χ1v) is 6.07. The van der Waals surface area contributed by atoms with E-state index < -0.39 is 0 Å². The maximum atomic E-state index is 6.32. The van der Waals surface area contributed by atoms with Crippen LogP contribution in [0.4, 0.5) is 0 Å². The van der Waals surface area contributed by atoms with Crippen LogP contribution in [0.15, 0.2) is 30.6 Å². The fraction of sp³-hybridized carbons (Fsp3) is 0.308. The third-order valence-corrected chi connectivity index (χ3v) is 3.70. The van der Waals surface area contributed by atoms with Gasteiger partial charge < -0.3 is 10.3 Å². The zero-order valence-corrected chi connectivity index (χ0v) is 10.4. The van der Waals surface area contributed by atoms with Crippen LogP contribution in [0.1, 0.15) is 24.2 Å². The second-order valence-electron chi connectivity index (χ2n) is 4.67. The summed E-state index contributed by atoms with van der Waals surface area (Å²) in [4.78, 5) is 4.20. The van der Waals surface area contributed by atoms with E-state index in [0.29, 0.717) is 0 Å². The predicted molar refractivity (Wildman–Crippen MR) is 68.4 cm³/mol. The highest BCUT2D eigenvalue weighted by atomic mass is 35.5. The Labute approximate surface area is 105 Å². The Morgan fingerprint density at radius 2 is 2.18 bits per heavy atom. The third-order valence-electron chi connectivity index (χ3n) is 3.40. The molecule has 0 aliphatic heterocycles. The van der Waals surface area contributed by atoms with Crippen LogP contribution in [0.2, 0.25) is 5.02 Å². The van der Waals surface area contributed by atoms with Crippen molar-refractivity contribution in [3.05, 3.63) is 47.0 Å². The Bertz CT molecular complexity index is 570. The molecule has 0 amide bonds. The van der Waals surface area contributed by atoms with Crippen molar-refractivity contribution in [3.8, 4) is 5.69 Å². The quantitative estimate of drug-likeness (QED) is 0.887. The SMILES string of the molecule is Cc1nccn1-c1ccc(C2(N)CC2)cc1Cl. The summed E-state index contributed by atoms with van der Waals surface area (Å²) in [7, 11) is 0. The zero-order chi connectivity index (χ0) is 12.0. The first kappa shape index (κ1) is 10.8. The number of benzene rings is 1. The Hall–Kier alpha value is -1.32. The van der Waals surface area contributed by atoms with E-state index >= 15 is 0 Å². The summed E-state index contributed by atoms with van der Waals surface area (Å²) in [5.41, 5.74) is 8.11. The van der Waals surface area contributed by atoms with Crippen LogP contribution >= 0.6 is 11.6 Å². The van der Waals surface area contributed by atoms with Gasteiger partial charge in [-0.2, -0.15) is 0 Å². The van der Waals surface area contributed by atoms with Crippen LogP contribution in [-0.4, -0.2) is 9.55 Å². The number of rotatable bonds is 2. The fourth-order valence-electron chi connectivity index (χ4n) is 2.07. The molecule has 1 aromatic heterocycles. The molecule has 1 saturated carbocycles. The van der Waals surface area contributed by atoms with Crippen LogP contribution < -0.4 is 5.73 Å². The minimum Gasteiger partial charge on any atom is -0.321 e. The number of aromatic nitrogens is 2. The molecule has 1 heterocycles. The average Bonchev–Trinajstić information content (AvgIpc) is 2.91. The van der Waals surface area contributed by atoms with Gasteiger partial charge in [-0.1, -0.05) is 17.7 Å². The zero-order valence-electron chi connectivity index (χ0n) is 9.65. The van der Waals surface area contributed by atoms with Crippen molar-refractivity contribution < 1.29 is 0 Å². The monoisotopic (exact) mass is 247 g/mol. The standard InChI is InChI=1S/C13H14ClN3/c1-9-16-6-7-17(9)12-3-2-10(8-11(12)14)13(15)4-5-13/h2-3,6-8H,4-5,15H2,1H3. The number of aryl methyl sites for hydroxylation is 1. The molecule has 0 unspecified atom stereocenters. The van der Waals surface area contributed by atoms with Crippen LogP contribution in [-0.2, 0) is 5.54 Å². The number of hydrogen-bond acceptors (Lipinski definition) is 2. The maximum Gasteiger partial charge on any atom is 0.110 e. The Morgan fingerprint density at radius 1 is 1.41 bits per heavy atom. The van der Waals surface area contributed by atoms with Crippen LogP contribution in [0.5, 0.6) is 0 Å². The van der Waals surface area contributed by atoms with Gasteiger partial charge in [-0.25, -0.2) is 4.98 Å². The number of halogens is 1. The van der Waals surface area contributed by atoms with E-state index in [1.165, 1.54) is 0 Å². The van der Waals surface area contributed by atoms with Crippen molar-refractivity contribution in [2.75, 3.05) is 0 Å². The summed E-state index contributed by atoms with van der Waals surface area (Å²) in [6.07, 6.45) is 5.77. The highest BCUT2D eigenvalue weighted by Crippen LogP contribution is 2.43. The van der Waals surface area contributed by atoms with Crippen LogP contribution in [0.25, 0.3) is 5.69 Å². The predicted octanol–water partition coefficient (Wildman–Crippen LogP) is 2.78. The Kier molecular flexibility index (Phi) is 2.28. The van der Waals surface area contributed by atoms with Crippen molar-refractivity contribution in [1.29, 1.82) is 0 Å². The second kappa shape index (κ2) is 3.59. The number of nitrogens with two attached hydrogens (primary N) is 1. The summed E-state index contributed by atoms with van der Waals surface area (Å²) in [5, 5.41) is 0.723. The van der Waals surface area contributed by atoms with E-state index in [4.69, 9.17) is 17.3 Å². The van der Waals surface area contributed by atoms with E-state index in [2.05, 4.69) is 11.1 Å². The van der Waals surface area contributed by atoms with E-state index in [-0.39, 0.29) is 5.54 Å². The van der Waals surface area contributed by atoms with Crippen molar-refractivity contribution in [3.63, 3.8) is 0 Å². The molecule has 0 saturated heterocycles. The van der Waals surface area contributed by atoms with Gasteiger partial charge in [0.2, 0.25) is 0 Å². The van der Waals surface area contributed by atoms with Crippen LogP contribution in [0, 0.1) is 6.92 Å². The van der Waals surface area contributed by atoms with Gasteiger partial charge in [-0.3, -0.25) is 0 Å². The van der Waals surface area contributed by atoms with Gasteiger partial charge in [-0.15, -0.1) is 0 Å². The molecule has 0 atom stereocenters. The van der Waals surface area contributed by atoms with Crippen LogP contribution in [0.3, 0.4) is 0 Å². The topological polar surface area (TPSA) is 43.8 Å². The molecule has 1 fully saturated rings. The summed E-state index contributed by atoms with van der Waals surface area (Å²) in [5.74, 6) is 0.925. The molecular weight excluding hydrogens is 234 g/mol. The van der Waals surface area contributed by atoms with Gasteiger partial charge in [-0.05, 0) is 37.5 Å². The lowest BCUT2D eigenvalue weighted by atomic mass is 10.1. The van der Waals surface area contributed by atoms with E-state index in [0.717, 1.165) is 34.9 Å². The molecule has 4 heteroatoms. The molecule has 2 N–H and O–H groups in total. The minimum atomic E-state index is -0.133. The normalized spacial score (nSPS) is 17.1. The molecule has 0 spiro atoms. The van der Waals surface area contributed by atoms with Crippen molar-refractivity contribution in [1.82, 2.24) is 9.55 Å². The van der Waals surface area contributed by atoms with Gasteiger partial charge in [0, 0.05) is 17.9 Å². The minimum absolute atomic E-state index is 0.133. The van der Waals surface area contributed by atoms with E-state index in [1.54, 1.807) is 6.20 Å². The van der Waals surface area contributed by atoms with Crippen molar-refractivity contribution >= 4 is 11.6 Å². The largest absolute Gasteiger partial charge is 0.321 e. The third kappa shape index (κ3) is 1.75. The Morgan fingerprint density at radius 3 is 2.71 bits per heavy atom. The molecule has 1 aliphatic rings. The molecule has 0 radical (unpaired) electrons. The van der Waals surface area contributed by atoms with Gasteiger partial charge in [0.25, 0.3) is 0 Å². The maximum absolute atomic E-state index is 6.32. The highest BCUT2D eigenvalue weighted by Gasteiger charge is 2.40. The highest BCUT2D eigenvalue weighted by molar-refractivity contribution is 6.32. The number of imidazole rings is 1. The molecule has 0 bridgehead atoms. The molecule has 3 rings (SSSR count). The molecule has 2 aromatic rings. The number of nitrogens with zero attached hydrogens (tertiary/aromatic N) is 2. The molecular formula is C13H14ClN3. The second-order valence-corrected chi connectivity index (χ2v) is 5.07. The molecule has 1 aliphatic carbocycles. The first-order chi connectivity index (χ1) is 8.10. The molecule has 1 aromatic carbocycles. The van der Waals surface area contributed by atoms with E-state index in [9.17, 15) is 0 Å². The average molecular weight is 248 g/mol. The summed E-state index contributed by atoms with van der Waals surface area (Å²) in [6, 6.07) is 6.05. The van der Waals surface area contributed by atoms with Gasteiger partial charge in [0.15, 0.2) is 0 Å². The molecule has 88 valence electrons. The van der Waals surface area contributed by atoms with Gasteiger partial charge >= 0.3 is 0 Å². The van der Waals surface area contributed by atoms with Gasteiger partial charge in [0.1, 0.15) is 5.82 Å². The first-order valence-electron chi connectivity index (χ1n) is 5.69.